The fourth-order valence-electron chi connectivity index (χ4n) is 2.24. The van der Waals surface area contributed by atoms with Gasteiger partial charge < -0.3 is 0 Å². The predicted octanol–water partition coefficient (Wildman–Crippen LogP) is 2.12. The summed E-state index contributed by atoms with van der Waals surface area (Å²) in [7, 11) is -3.42. The van der Waals surface area contributed by atoms with Crippen LogP contribution in [-0.2, 0) is 22.0 Å². The van der Waals surface area contributed by atoms with Crippen LogP contribution >= 0.6 is 0 Å². The van der Waals surface area contributed by atoms with Crippen LogP contribution in [0.4, 0.5) is 0 Å². The van der Waals surface area contributed by atoms with Gasteiger partial charge in [-0.2, -0.15) is 5.26 Å². The van der Waals surface area contributed by atoms with Gasteiger partial charge in [0.15, 0.2) is 28.3 Å². The molecular formula is C17H16N3O2S+. The summed E-state index contributed by atoms with van der Waals surface area (Å²) in [4.78, 5) is 0.288. The Morgan fingerprint density at radius 3 is 2.48 bits per heavy atom. The van der Waals surface area contributed by atoms with E-state index in [0.29, 0.717) is 12.0 Å². The largest absolute Gasteiger partial charge is 0.351 e. The summed E-state index contributed by atoms with van der Waals surface area (Å²) < 4.78 is 26.5. The second-order valence-corrected chi connectivity index (χ2v) is 6.90. The lowest BCUT2D eigenvalue weighted by molar-refractivity contribution is -0.576. The molecule has 0 bridgehead atoms. The van der Waals surface area contributed by atoms with Crippen LogP contribution in [0.15, 0.2) is 53.7 Å². The Balaban J connectivity index is 2.42. The molecule has 116 valence electrons. The number of aryl methyl sites for hydroxylation is 1. The molecule has 23 heavy (non-hydrogen) atoms. The number of allylic oxidation sites excluding steroid dienone is 1. The first-order valence-corrected chi connectivity index (χ1v) is 8.68. The Hall–Kier alpha value is -2.74. The fraction of sp³-hybridized carbons (Fsp3) is 0.176. The lowest BCUT2D eigenvalue weighted by atomic mass is 10.1. The summed E-state index contributed by atoms with van der Waals surface area (Å²) >= 11 is 0. The summed E-state index contributed by atoms with van der Waals surface area (Å²) in [6.45, 7) is 1.92. The highest BCUT2D eigenvalue weighted by molar-refractivity contribution is 7.90. The molecule has 0 aliphatic heterocycles. The third-order valence-electron chi connectivity index (χ3n) is 3.45. The van der Waals surface area contributed by atoms with Gasteiger partial charge in [0.05, 0.1) is 16.5 Å². The molecule has 1 heterocycles. The van der Waals surface area contributed by atoms with Crippen molar-refractivity contribution in [3.8, 4) is 6.07 Å². The van der Waals surface area contributed by atoms with Crippen molar-refractivity contribution in [3.05, 3.63) is 59.9 Å². The van der Waals surface area contributed by atoms with Gasteiger partial charge in [0, 0.05) is 11.6 Å². The Bertz CT molecular complexity index is 907. The Morgan fingerprint density at radius 1 is 1.22 bits per heavy atom. The van der Waals surface area contributed by atoms with Crippen LogP contribution in [0, 0.1) is 16.7 Å². The molecule has 0 radical (unpaired) electrons. The monoisotopic (exact) mass is 326 g/mol. The Labute approximate surface area is 135 Å². The third kappa shape index (κ3) is 3.72. The van der Waals surface area contributed by atoms with Crippen LogP contribution in [-0.4, -0.2) is 14.3 Å². The minimum absolute atomic E-state index is 0.0529. The smallest absolute Gasteiger partial charge is 0.252 e. The van der Waals surface area contributed by atoms with Gasteiger partial charge in [-0.25, -0.2) is 8.42 Å². The van der Waals surface area contributed by atoms with Crippen molar-refractivity contribution in [1.29, 1.82) is 10.7 Å². The molecule has 1 aromatic carbocycles. The Morgan fingerprint density at radius 2 is 1.91 bits per heavy atom. The van der Waals surface area contributed by atoms with Crippen LogP contribution in [0.25, 0.3) is 5.70 Å². The first-order chi connectivity index (χ1) is 11.0. The quantitative estimate of drug-likeness (QED) is 0.519. The summed E-state index contributed by atoms with van der Waals surface area (Å²) in [6.07, 6.45) is 3.88. The molecule has 1 aromatic heterocycles. The van der Waals surface area contributed by atoms with E-state index in [4.69, 9.17) is 10.7 Å². The highest BCUT2D eigenvalue weighted by Crippen LogP contribution is 2.18. The number of sulfone groups is 1. The summed E-state index contributed by atoms with van der Waals surface area (Å²) in [5.74, 6) is 1.96. The number of rotatable bonds is 5. The van der Waals surface area contributed by atoms with E-state index in [-0.39, 0.29) is 16.3 Å². The lowest BCUT2D eigenvalue weighted by Gasteiger charge is -2.07. The van der Waals surface area contributed by atoms with E-state index in [1.54, 1.807) is 48.8 Å². The molecular weight excluding hydrogens is 310 g/mol. The molecule has 0 atom stereocenters. The van der Waals surface area contributed by atoms with Crippen molar-refractivity contribution in [3.63, 3.8) is 0 Å². The minimum Gasteiger partial charge on any atom is -0.252 e. The van der Waals surface area contributed by atoms with Crippen molar-refractivity contribution >= 4 is 21.4 Å². The number of aromatic nitrogens is 1. The zero-order chi connectivity index (χ0) is 16.9. The second-order valence-electron chi connectivity index (χ2n) is 4.91. The second kappa shape index (κ2) is 7.01. The van der Waals surface area contributed by atoms with Gasteiger partial charge in [-0.15, -0.1) is 4.57 Å². The maximum atomic E-state index is 12.5. The molecule has 5 nitrogen and oxygen atoms in total. The first kappa shape index (κ1) is 16.6. The molecule has 0 saturated carbocycles. The normalized spacial score (nSPS) is 10.6. The summed E-state index contributed by atoms with van der Waals surface area (Å²) in [5.41, 5.74) is 1.56. The number of hydrogen-bond acceptors (Lipinski definition) is 4. The molecule has 1 N–H and O–H groups in total. The lowest BCUT2D eigenvalue weighted by Crippen LogP contribution is -2.32. The van der Waals surface area contributed by atoms with E-state index in [2.05, 4.69) is 5.87 Å². The van der Waals surface area contributed by atoms with Gasteiger partial charge in [0.2, 0.25) is 0 Å². The van der Waals surface area contributed by atoms with E-state index < -0.39 is 9.84 Å². The van der Waals surface area contributed by atoms with Gasteiger partial charge in [-0.1, -0.05) is 25.1 Å². The van der Waals surface area contributed by atoms with E-state index in [9.17, 15) is 8.42 Å². The maximum absolute atomic E-state index is 12.5. The average molecular weight is 326 g/mol. The highest BCUT2D eigenvalue weighted by Gasteiger charge is 2.19. The summed E-state index contributed by atoms with van der Waals surface area (Å²) in [5, 5.41) is 16.1. The summed E-state index contributed by atoms with van der Waals surface area (Å²) in [6, 6.07) is 11.9. The topological polar surface area (TPSA) is 85.7 Å². The number of nitriles is 1. The van der Waals surface area contributed by atoms with E-state index in [1.165, 1.54) is 4.57 Å². The van der Waals surface area contributed by atoms with Crippen molar-refractivity contribution in [2.24, 2.45) is 0 Å². The van der Waals surface area contributed by atoms with Crippen molar-refractivity contribution < 1.29 is 13.0 Å². The van der Waals surface area contributed by atoms with Crippen LogP contribution in [0.3, 0.4) is 0 Å². The predicted molar refractivity (Wildman–Crippen MR) is 86.4 cm³/mol. The molecule has 0 aliphatic carbocycles. The number of hydrogen-bond donors (Lipinski definition) is 1. The van der Waals surface area contributed by atoms with E-state index in [1.807, 2.05) is 13.0 Å². The average Bonchev–Trinajstić information content (AvgIpc) is 2.57. The Kier molecular flexibility index (Phi) is 5.07. The molecule has 0 unspecified atom stereocenters. The number of pyridine rings is 1. The van der Waals surface area contributed by atoms with Gasteiger partial charge >= 0.3 is 5.70 Å². The van der Waals surface area contributed by atoms with Crippen molar-refractivity contribution in [2.75, 3.05) is 0 Å². The SMILES string of the molecule is CCc1c[n+](C(=C=N)C#N)ccc1CS(=O)(=O)c1ccccc1. The zero-order valence-electron chi connectivity index (χ0n) is 12.7. The molecule has 0 amide bonds. The molecule has 0 fully saturated rings. The molecule has 0 spiro atoms. The van der Waals surface area contributed by atoms with Crippen LogP contribution in [0.1, 0.15) is 18.1 Å². The molecule has 0 saturated heterocycles. The minimum atomic E-state index is -3.42. The van der Waals surface area contributed by atoms with Crippen LogP contribution in [0.5, 0.6) is 0 Å². The highest BCUT2D eigenvalue weighted by atomic mass is 32.2. The maximum Gasteiger partial charge on any atom is 0.351 e. The van der Waals surface area contributed by atoms with Crippen molar-refractivity contribution in [1.82, 2.24) is 0 Å². The van der Waals surface area contributed by atoms with Crippen LogP contribution in [0.2, 0.25) is 0 Å². The molecule has 6 heteroatoms. The number of nitrogens with one attached hydrogen (secondary N) is 1. The number of nitrogens with zero attached hydrogens (tertiary/aromatic N) is 2. The standard InChI is InChI=1S/C17H16N3O2S/c1-2-14-12-20(16(10-18)11-19)9-8-15(14)13-23(21,22)17-6-4-3-5-7-17/h3-9,12,18H,2,13H2,1H3/q+1. The number of benzene rings is 1. The first-order valence-electron chi connectivity index (χ1n) is 7.03. The van der Waals surface area contributed by atoms with Crippen LogP contribution < -0.4 is 4.57 Å². The van der Waals surface area contributed by atoms with Gasteiger partial charge in [-0.3, -0.25) is 5.41 Å². The van der Waals surface area contributed by atoms with Gasteiger partial charge in [-0.05, 0) is 24.1 Å². The zero-order valence-corrected chi connectivity index (χ0v) is 13.5. The molecule has 0 aliphatic rings. The molecule has 2 rings (SSSR count). The van der Waals surface area contributed by atoms with Gasteiger partial charge in [0.25, 0.3) is 0 Å². The van der Waals surface area contributed by atoms with E-state index in [0.717, 1.165) is 5.56 Å². The van der Waals surface area contributed by atoms with E-state index >= 15 is 0 Å². The van der Waals surface area contributed by atoms with Crippen molar-refractivity contribution in [2.45, 2.75) is 24.0 Å². The molecule has 2 aromatic rings. The third-order valence-corrected chi connectivity index (χ3v) is 5.14. The fourth-order valence-corrected chi connectivity index (χ4v) is 3.67. The van der Waals surface area contributed by atoms with Gasteiger partial charge in [0.1, 0.15) is 0 Å².